The van der Waals surface area contributed by atoms with Crippen LogP contribution in [0.2, 0.25) is 0 Å². The van der Waals surface area contributed by atoms with Gasteiger partial charge in [-0.3, -0.25) is 9.59 Å². The van der Waals surface area contributed by atoms with E-state index in [0.29, 0.717) is 11.3 Å². The molecule has 0 saturated carbocycles. The smallest absolute Gasteiger partial charge is 1.00 e. The van der Waals surface area contributed by atoms with E-state index in [2.05, 4.69) is 11.7 Å². The Morgan fingerprint density at radius 3 is 1.88 bits per heavy atom. The van der Waals surface area contributed by atoms with Crippen LogP contribution in [0.3, 0.4) is 0 Å². The van der Waals surface area contributed by atoms with Crippen LogP contribution in [-0.2, 0) is 14.3 Å². The van der Waals surface area contributed by atoms with Crippen molar-refractivity contribution in [1.82, 2.24) is 4.90 Å². The maximum Gasteiger partial charge on any atom is 1.00 e. The van der Waals surface area contributed by atoms with Crippen LogP contribution in [0, 0.1) is 0 Å². The van der Waals surface area contributed by atoms with E-state index >= 15 is 0 Å². The minimum Gasteiger partial charge on any atom is -1.00 e. The number of hydrogen-bond acceptors (Lipinski definition) is 4. The van der Waals surface area contributed by atoms with Gasteiger partial charge in [-0.1, -0.05) is 58.3 Å². The fourth-order valence-electron chi connectivity index (χ4n) is 2.35. The zero-order valence-electron chi connectivity index (χ0n) is 16.5. The number of carbonyl (C=O) groups excluding carboxylic acids is 2. The molecule has 0 fully saturated rings. The van der Waals surface area contributed by atoms with Crippen molar-refractivity contribution in [2.45, 2.75) is 77.6 Å². The Labute approximate surface area is 169 Å². The van der Waals surface area contributed by atoms with Crippen molar-refractivity contribution in [3.8, 4) is 0 Å². The molecular weight excluding hydrogens is 321 g/mol. The monoisotopic (exact) mass is 353 g/mol. The minimum absolute atomic E-state index is 0. The molecule has 136 valence electrons. The average molecular weight is 353 g/mol. The molecule has 6 nitrogen and oxygen atoms in total. The Balaban J connectivity index is -0.00000242. The largest absolute Gasteiger partial charge is 1.00 e. The van der Waals surface area contributed by atoms with Crippen LogP contribution < -0.4 is 29.6 Å². The predicted octanol–water partition coefficient (Wildman–Crippen LogP) is 1.09. The summed E-state index contributed by atoms with van der Waals surface area (Å²) in [6, 6.07) is 0. The first-order chi connectivity index (χ1) is 11.0. The molecule has 0 aliphatic heterocycles. The number of carboxylic acid groups (broad SMARTS) is 1. The topological polar surface area (TPSA) is 83.9 Å². The Hall–Kier alpha value is -0.590. The molecule has 0 rings (SSSR count). The van der Waals surface area contributed by atoms with Gasteiger partial charge in [0.05, 0.1) is 13.5 Å². The fraction of sp³-hybridized carbons (Fsp3) is 0.824. The zero-order chi connectivity index (χ0) is 17.5. The van der Waals surface area contributed by atoms with Crippen molar-refractivity contribution in [3.63, 3.8) is 0 Å². The van der Waals surface area contributed by atoms with Crippen LogP contribution in [0.1, 0.15) is 79.0 Å². The Kier molecular flexibility index (Phi) is 18.4. The number of amides is 2. The summed E-state index contributed by atoms with van der Waals surface area (Å²) in [6.07, 6.45) is 9.01. The van der Waals surface area contributed by atoms with Gasteiger partial charge in [-0.05, 0) is 6.42 Å². The van der Waals surface area contributed by atoms with Crippen LogP contribution >= 0.6 is 0 Å². The third-order valence-corrected chi connectivity index (χ3v) is 3.79. The van der Waals surface area contributed by atoms with Gasteiger partial charge in [-0.25, -0.2) is 9.69 Å². The van der Waals surface area contributed by atoms with Crippen molar-refractivity contribution in [2.24, 2.45) is 0 Å². The summed E-state index contributed by atoms with van der Waals surface area (Å²) in [4.78, 5) is 34.7. The molecule has 0 aromatic carbocycles. The second kappa shape index (κ2) is 17.2. The van der Waals surface area contributed by atoms with Gasteiger partial charge < -0.3 is 11.3 Å². The molecule has 0 bridgehead atoms. The number of methoxy groups -OCH3 is 1. The van der Waals surface area contributed by atoms with Crippen molar-refractivity contribution >= 4 is 18.0 Å². The number of hydrogen-bond donors (Lipinski definition) is 1. The van der Waals surface area contributed by atoms with Crippen molar-refractivity contribution in [1.29, 1.82) is 0 Å². The molecule has 0 radical (unpaired) electrons. The van der Waals surface area contributed by atoms with E-state index in [1.165, 1.54) is 45.6 Å². The van der Waals surface area contributed by atoms with Crippen LogP contribution in [0.25, 0.3) is 0 Å². The van der Waals surface area contributed by atoms with E-state index in [9.17, 15) is 14.4 Å². The average Bonchev–Trinajstić information content (AvgIpc) is 2.52. The molecule has 0 aromatic rings. The number of carbonyl (C=O) groups is 3. The first-order valence-corrected chi connectivity index (χ1v) is 8.63. The Bertz CT molecular complexity index is 369. The molecule has 0 aliphatic carbocycles. The molecule has 0 saturated heterocycles. The van der Waals surface area contributed by atoms with Gasteiger partial charge in [0.15, 0.2) is 0 Å². The summed E-state index contributed by atoms with van der Waals surface area (Å²) >= 11 is 0. The second-order valence-electron chi connectivity index (χ2n) is 5.73. The Morgan fingerprint density at radius 2 is 1.42 bits per heavy atom. The van der Waals surface area contributed by atoms with Gasteiger partial charge in [-0.15, -0.1) is 0 Å². The van der Waals surface area contributed by atoms with Crippen LogP contribution in [-0.4, -0.2) is 41.6 Å². The summed E-state index contributed by atoms with van der Waals surface area (Å²) in [6.45, 7) is 2.06. The number of ether oxygens (including phenoxy) is 1. The quantitative estimate of drug-likeness (QED) is 0.304. The number of unbranched alkanes of at least 4 members (excludes halogenated alkanes) is 8. The number of esters is 1. The van der Waals surface area contributed by atoms with E-state index < -0.39 is 18.0 Å². The Morgan fingerprint density at radius 1 is 0.917 bits per heavy atom. The third-order valence-electron chi connectivity index (χ3n) is 3.79. The van der Waals surface area contributed by atoms with E-state index in [0.717, 1.165) is 12.8 Å². The van der Waals surface area contributed by atoms with Gasteiger partial charge in [0.1, 0.15) is 0 Å². The van der Waals surface area contributed by atoms with Gasteiger partial charge in [-0.2, -0.15) is 0 Å². The van der Waals surface area contributed by atoms with Crippen LogP contribution in [0.15, 0.2) is 0 Å². The fourth-order valence-corrected chi connectivity index (χ4v) is 2.35. The summed E-state index contributed by atoms with van der Waals surface area (Å²) in [5.41, 5.74) is 0. The van der Waals surface area contributed by atoms with Crippen molar-refractivity contribution in [3.05, 3.63) is 0 Å². The van der Waals surface area contributed by atoms with Crippen molar-refractivity contribution < 1.29 is 55.2 Å². The second-order valence-corrected chi connectivity index (χ2v) is 5.73. The number of rotatable bonds is 13. The van der Waals surface area contributed by atoms with E-state index in [1.807, 2.05) is 0 Å². The summed E-state index contributed by atoms with van der Waals surface area (Å²) in [5.74, 6) is -0.962. The first kappa shape index (κ1) is 25.6. The van der Waals surface area contributed by atoms with Gasteiger partial charge in [0.25, 0.3) is 0 Å². The molecule has 24 heavy (non-hydrogen) atoms. The van der Waals surface area contributed by atoms with E-state index in [-0.39, 0.29) is 50.4 Å². The van der Waals surface area contributed by atoms with Crippen LogP contribution in [0.5, 0.6) is 0 Å². The van der Waals surface area contributed by atoms with Gasteiger partial charge in [0, 0.05) is 13.0 Å². The van der Waals surface area contributed by atoms with Crippen LogP contribution in [0.4, 0.5) is 4.79 Å². The van der Waals surface area contributed by atoms with Gasteiger partial charge in [0.2, 0.25) is 5.91 Å². The molecular formula is C17H32NNaO5. The molecule has 1 N–H and O–H groups in total. The molecule has 2 amide bonds. The van der Waals surface area contributed by atoms with E-state index in [4.69, 9.17) is 5.11 Å². The number of nitrogens with zero attached hydrogens (tertiary/aromatic N) is 1. The predicted molar refractivity (Wildman–Crippen MR) is 89.3 cm³/mol. The summed E-state index contributed by atoms with van der Waals surface area (Å²) in [7, 11) is 1.23. The molecule has 0 unspecified atom stereocenters. The molecule has 7 heteroatoms. The normalized spacial score (nSPS) is 9.92. The molecule has 0 aliphatic rings. The van der Waals surface area contributed by atoms with Gasteiger partial charge >= 0.3 is 41.6 Å². The van der Waals surface area contributed by atoms with Crippen molar-refractivity contribution in [2.75, 3.05) is 13.7 Å². The minimum atomic E-state index is -1.31. The number of imide groups is 1. The molecule has 0 heterocycles. The maximum atomic E-state index is 11.9. The summed E-state index contributed by atoms with van der Waals surface area (Å²) in [5, 5.41) is 9.03. The standard InChI is InChI=1S/C17H31NO5.Na.H/c1-3-4-5-6-7-8-9-10-11-12-15(19)18(17(21)22)14-13-16(20)23-2;;/h3-14H2,1-2H3,(H,21,22);;/q;+1;-1. The maximum absolute atomic E-state index is 11.9. The summed E-state index contributed by atoms with van der Waals surface area (Å²) < 4.78 is 4.45. The third kappa shape index (κ3) is 13.8. The molecule has 0 aromatic heterocycles. The first-order valence-electron chi connectivity index (χ1n) is 8.63. The molecule has 0 spiro atoms. The van der Waals surface area contributed by atoms with E-state index in [1.54, 1.807) is 0 Å². The zero-order valence-corrected chi connectivity index (χ0v) is 17.5. The molecule has 0 atom stereocenters. The SMILES string of the molecule is CCCCCCCCCCCC(=O)N(CCC(=O)OC)C(=O)O.[H-].[Na+].